The number of pyridine rings is 1. The molecule has 2 aromatic heterocycles. The first-order valence-corrected chi connectivity index (χ1v) is 8.40. The number of hydrogen-bond acceptors (Lipinski definition) is 7. The van der Waals surface area contributed by atoms with Crippen LogP contribution < -0.4 is 10.1 Å². The fourth-order valence-corrected chi connectivity index (χ4v) is 3.59. The predicted octanol–water partition coefficient (Wildman–Crippen LogP) is 1.90. The number of methoxy groups -OCH3 is 1. The summed E-state index contributed by atoms with van der Waals surface area (Å²) in [6.45, 7) is 2.70. The molecule has 0 aliphatic carbocycles. The van der Waals surface area contributed by atoms with Crippen LogP contribution in [0, 0.1) is 5.41 Å². The number of hydrogen-bond donors (Lipinski definition) is 1. The zero-order valence-electron chi connectivity index (χ0n) is 13.8. The molecule has 2 aliphatic rings. The van der Waals surface area contributed by atoms with Crippen molar-refractivity contribution in [1.82, 2.24) is 20.4 Å². The van der Waals surface area contributed by atoms with E-state index in [1.54, 1.807) is 7.11 Å². The normalized spacial score (nSPS) is 22.8. The fourth-order valence-electron chi connectivity index (χ4n) is 3.59. The highest BCUT2D eigenvalue weighted by Gasteiger charge is 2.42. The minimum absolute atomic E-state index is 0.141. The topological polar surface area (TPSA) is 82.3 Å². The zero-order valence-corrected chi connectivity index (χ0v) is 13.8. The third kappa shape index (κ3) is 3.14. The van der Waals surface area contributed by atoms with Crippen molar-refractivity contribution in [3.05, 3.63) is 35.6 Å². The molecule has 1 N–H and O–H groups in total. The van der Waals surface area contributed by atoms with Gasteiger partial charge in [0.15, 0.2) is 5.82 Å². The third-order valence-electron chi connectivity index (χ3n) is 5.03. The number of rotatable bonds is 4. The average Bonchev–Trinajstić information content (AvgIpc) is 3.23. The van der Waals surface area contributed by atoms with Crippen molar-refractivity contribution in [1.29, 1.82) is 0 Å². The monoisotopic (exact) mass is 330 g/mol. The van der Waals surface area contributed by atoms with E-state index in [2.05, 4.69) is 20.4 Å². The summed E-state index contributed by atoms with van der Waals surface area (Å²) in [5.41, 5.74) is 1.19. The molecule has 2 saturated heterocycles. The highest BCUT2D eigenvalue weighted by molar-refractivity contribution is 5.18. The SMILES string of the molecule is COc1cccc(Cc2noc(C3CC4(CCOCC4)CN3)n2)n1. The van der Waals surface area contributed by atoms with Gasteiger partial charge in [0.1, 0.15) is 0 Å². The van der Waals surface area contributed by atoms with Crippen molar-refractivity contribution in [2.75, 3.05) is 26.9 Å². The standard InChI is InChI=1S/C17H22N4O3/c1-22-15-4-2-3-12(19-15)9-14-20-16(24-21-14)13-10-17(11-18-13)5-7-23-8-6-17/h2-4,13,18H,5-11H2,1H3. The second kappa shape index (κ2) is 6.49. The number of nitrogens with one attached hydrogen (secondary N) is 1. The smallest absolute Gasteiger partial charge is 0.243 e. The molecule has 2 aliphatic heterocycles. The van der Waals surface area contributed by atoms with Crippen LogP contribution in [0.5, 0.6) is 5.88 Å². The van der Waals surface area contributed by atoms with E-state index in [1.165, 1.54) is 0 Å². The van der Waals surface area contributed by atoms with E-state index in [9.17, 15) is 0 Å². The lowest BCUT2D eigenvalue weighted by atomic mass is 9.78. The predicted molar refractivity (Wildman–Crippen MR) is 85.7 cm³/mol. The molecule has 0 saturated carbocycles. The van der Waals surface area contributed by atoms with E-state index in [-0.39, 0.29) is 6.04 Å². The highest BCUT2D eigenvalue weighted by atomic mass is 16.5. The Hall–Kier alpha value is -1.99. The van der Waals surface area contributed by atoms with Crippen LogP contribution in [-0.2, 0) is 11.2 Å². The van der Waals surface area contributed by atoms with Crippen LogP contribution in [-0.4, -0.2) is 42.0 Å². The Kier molecular flexibility index (Phi) is 4.20. The summed E-state index contributed by atoms with van der Waals surface area (Å²) in [4.78, 5) is 8.96. The van der Waals surface area contributed by atoms with Crippen LogP contribution >= 0.6 is 0 Å². The van der Waals surface area contributed by atoms with Crippen molar-refractivity contribution < 1.29 is 14.0 Å². The summed E-state index contributed by atoms with van der Waals surface area (Å²) >= 11 is 0. The van der Waals surface area contributed by atoms with Gasteiger partial charge in [-0.15, -0.1) is 0 Å². The third-order valence-corrected chi connectivity index (χ3v) is 5.03. The molecule has 1 spiro atoms. The van der Waals surface area contributed by atoms with E-state index < -0.39 is 0 Å². The van der Waals surface area contributed by atoms with Gasteiger partial charge in [-0.05, 0) is 30.7 Å². The molecule has 1 atom stereocenters. The molecule has 4 rings (SSSR count). The van der Waals surface area contributed by atoms with Crippen molar-refractivity contribution in [2.45, 2.75) is 31.7 Å². The Bertz CT molecular complexity index is 697. The molecule has 0 amide bonds. The summed E-state index contributed by atoms with van der Waals surface area (Å²) in [7, 11) is 1.61. The number of ether oxygens (including phenoxy) is 2. The molecular weight excluding hydrogens is 308 g/mol. The first-order valence-electron chi connectivity index (χ1n) is 8.40. The van der Waals surface area contributed by atoms with Crippen LogP contribution in [0.25, 0.3) is 0 Å². The average molecular weight is 330 g/mol. The quantitative estimate of drug-likeness (QED) is 0.916. The first-order chi connectivity index (χ1) is 11.8. The van der Waals surface area contributed by atoms with Crippen molar-refractivity contribution in [3.8, 4) is 5.88 Å². The van der Waals surface area contributed by atoms with Gasteiger partial charge in [0.05, 0.1) is 25.3 Å². The molecule has 7 nitrogen and oxygen atoms in total. The Balaban J connectivity index is 1.43. The van der Waals surface area contributed by atoms with E-state index in [1.807, 2.05) is 18.2 Å². The summed E-state index contributed by atoms with van der Waals surface area (Å²) in [5, 5.41) is 7.65. The molecule has 24 heavy (non-hydrogen) atoms. The van der Waals surface area contributed by atoms with Gasteiger partial charge in [-0.25, -0.2) is 4.98 Å². The maximum atomic E-state index is 5.50. The van der Waals surface area contributed by atoms with Crippen molar-refractivity contribution in [3.63, 3.8) is 0 Å². The second-order valence-electron chi connectivity index (χ2n) is 6.65. The van der Waals surface area contributed by atoms with E-state index in [0.717, 1.165) is 44.7 Å². The van der Waals surface area contributed by atoms with Crippen LogP contribution in [0.4, 0.5) is 0 Å². The van der Waals surface area contributed by atoms with Crippen LogP contribution in [0.1, 0.15) is 42.7 Å². The lowest BCUT2D eigenvalue weighted by Gasteiger charge is -2.32. The zero-order chi connectivity index (χ0) is 16.4. The second-order valence-corrected chi connectivity index (χ2v) is 6.65. The molecule has 7 heteroatoms. The maximum absolute atomic E-state index is 5.50. The molecular formula is C17H22N4O3. The van der Waals surface area contributed by atoms with Crippen LogP contribution in [0.3, 0.4) is 0 Å². The van der Waals surface area contributed by atoms with E-state index in [4.69, 9.17) is 14.0 Å². The van der Waals surface area contributed by atoms with Gasteiger partial charge in [-0.1, -0.05) is 11.2 Å². The Labute approximate surface area is 140 Å². The molecule has 1 unspecified atom stereocenters. The highest BCUT2D eigenvalue weighted by Crippen LogP contribution is 2.43. The van der Waals surface area contributed by atoms with Gasteiger partial charge >= 0.3 is 0 Å². The largest absolute Gasteiger partial charge is 0.481 e. The Morgan fingerprint density at radius 2 is 2.17 bits per heavy atom. The lowest BCUT2D eigenvalue weighted by molar-refractivity contribution is 0.0230. The van der Waals surface area contributed by atoms with Gasteiger partial charge in [-0.2, -0.15) is 4.98 Å². The van der Waals surface area contributed by atoms with Crippen molar-refractivity contribution >= 4 is 0 Å². The number of nitrogens with zero attached hydrogens (tertiary/aromatic N) is 3. The minimum Gasteiger partial charge on any atom is -0.481 e. The van der Waals surface area contributed by atoms with Gasteiger partial charge < -0.3 is 19.3 Å². The molecule has 0 aromatic carbocycles. The summed E-state index contributed by atoms with van der Waals surface area (Å²) in [6, 6.07) is 5.81. The van der Waals surface area contributed by atoms with E-state index in [0.29, 0.717) is 29.4 Å². The van der Waals surface area contributed by atoms with Gasteiger partial charge in [0, 0.05) is 25.8 Å². The molecule has 2 aromatic rings. The lowest BCUT2D eigenvalue weighted by Crippen LogP contribution is -2.31. The maximum Gasteiger partial charge on any atom is 0.243 e. The van der Waals surface area contributed by atoms with Gasteiger partial charge in [0.25, 0.3) is 0 Å². The van der Waals surface area contributed by atoms with Crippen LogP contribution in [0.2, 0.25) is 0 Å². The number of aromatic nitrogens is 3. The fraction of sp³-hybridized carbons (Fsp3) is 0.588. The first kappa shape index (κ1) is 15.5. The summed E-state index contributed by atoms with van der Waals surface area (Å²) in [6.07, 6.45) is 3.78. The Morgan fingerprint density at radius 3 is 3.00 bits per heavy atom. The van der Waals surface area contributed by atoms with Crippen molar-refractivity contribution in [2.24, 2.45) is 5.41 Å². The van der Waals surface area contributed by atoms with E-state index >= 15 is 0 Å². The molecule has 0 bridgehead atoms. The molecule has 0 radical (unpaired) electrons. The molecule has 4 heterocycles. The molecule has 2 fully saturated rings. The van der Waals surface area contributed by atoms with Gasteiger partial charge in [0.2, 0.25) is 11.8 Å². The molecule has 128 valence electrons. The Morgan fingerprint density at radius 1 is 1.29 bits per heavy atom. The summed E-state index contributed by atoms with van der Waals surface area (Å²) < 4.78 is 16.1. The van der Waals surface area contributed by atoms with Crippen LogP contribution in [0.15, 0.2) is 22.7 Å². The van der Waals surface area contributed by atoms with Gasteiger partial charge in [-0.3, -0.25) is 0 Å². The summed E-state index contributed by atoms with van der Waals surface area (Å²) in [5.74, 6) is 1.92. The minimum atomic E-state index is 0.141.